The Morgan fingerprint density at radius 2 is 1.89 bits per heavy atom. The van der Waals surface area contributed by atoms with Gasteiger partial charge in [0.2, 0.25) is 0 Å². The van der Waals surface area contributed by atoms with Crippen molar-refractivity contribution in [2.24, 2.45) is 5.92 Å². The molecule has 19 heavy (non-hydrogen) atoms. The second kappa shape index (κ2) is 7.31. The van der Waals surface area contributed by atoms with E-state index >= 15 is 0 Å². The molecule has 0 unspecified atom stereocenters. The van der Waals surface area contributed by atoms with Gasteiger partial charge in [0.15, 0.2) is 0 Å². The number of fused-ring (bicyclic) bond motifs is 1. The normalized spacial score (nSPS) is 11.5. The molecule has 1 aromatic carbocycles. The molecule has 3 heteroatoms. The summed E-state index contributed by atoms with van der Waals surface area (Å²) in [6.45, 7) is 8.65. The Labute approximate surface area is 115 Å². The average molecular weight is 259 g/mol. The van der Waals surface area contributed by atoms with Crippen molar-refractivity contribution in [3.8, 4) is 0 Å². The lowest BCUT2D eigenvalue weighted by Crippen LogP contribution is -2.24. The van der Waals surface area contributed by atoms with Crippen molar-refractivity contribution in [3.63, 3.8) is 0 Å². The molecule has 0 aliphatic heterocycles. The quantitative estimate of drug-likeness (QED) is 0.638. The van der Waals surface area contributed by atoms with Crippen molar-refractivity contribution in [2.75, 3.05) is 19.6 Å². The molecule has 0 aliphatic carbocycles. The van der Waals surface area contributed by atoms with E-state index in [1.165, 1.54) is 23.0 Å². The van der Waals surface area contributed by atoms with Crippen LogP contribution in [-0.2, 0) is 6.54 Å². The molecule has 1 heterocycles. The summed E-state index contributed by atoms with van der Waals surface area (Å²) < 4.78 is 0. The van der Waals surface area contributed by atoms with Gasteiger partial charge in [0.05, 0.1) is 0 Å². The number of rotatable bonds is 8. The van der Waals surface area contributed by atoms with Crippen molar-refractivity contribution in [2.45, 2.75) is 26.8 Å². The minimum Gasteiger partial charge on any atom is -0.357 e. The molecule has 0 aliphatic rings. The molecule has 2 aromatic rings. The molecule has 3 nitrogen and oxygen atoms in total. The molecular weight excluding hydrogens is 234 g/mol. The second-order valence-corrected chi connectivity index (χ2v) is 5.51. The zero-order valence-corrected chi connectivity index (χ0v) is 12.0. The Hall–Kier alpha value is -1.32. The zero-order valence-electron chi connectivity index (χ0n) is 12.0. The van der Waals surface area contributed by atoms with E-state index in [4.69, 9.17) is 0 Å². The highest BCUT2D eigenvalue weighted by molar-refractivity contribution is 5.80. The Morgan fingerprint density at radius 3 is 2.68 bits per heavy atom. The number of H-pyrrole nitrogens is 1. The van der Waals surface area contributed by atoms with Gasteiger partial charge in [-0.25, -0.2) is 0 Å². The van der Waals surface area contributed by atoms with Crippen molar-refractivity contribution < 1.29 is 0 Å². The van der Waals surface area contributed by atoms with Crippen LogP contribution < -0.4 is 10.6 Å². The molecule has 0 bridgehead atoms. The van der Waals surface area contributed by atoms with Crippen LogP contribution in [0, 0.1) is 5.92 Å². The number of hydrogen-bond donors (Lipinski definition) is 3. The first-order valence-electron chi connectivity index (χ1n) is 7.24. The molecule has 104 valence electrons. The van der Waals surface area contributed by atoms with Gasteiger partial charge in [-0.2, -0.15) is 0 Å². The molecule has 0 amide bonds. The summed E-state index contributed by atoms with van der Waals surface area (Å²) in [4.78, 5) is 3.43. The fourth-order valence-corrected chi connectivity index (χ4v) is 2.18. The highest BCUT2D eigenvalue weighted by atomic mass is 14.9. The topological polar surface area (TPSA) is 39.8 Å². The first-order valence-corrected chi connectivity index (χ1v) is 7.24. The van der Waals surface area contributed by atoms with E-state index in [0.29, 0.717) is 0 Å². The van der Waals surface area contributed by atoms with E-state index in [2.05, 4.69) is 59.8 Å². The molecule has 3 N–H and O–H groups in total. The molecule has 0 saturated carbocycles. The van der Waals surface area contributed by atoms with Crippen LogP contribution in [0.15, 0.2) is 30.3 Å². The van der Waals surface area contributed by atoms with E-state index in [0.717, 1.165) is 32.1 Å². The minimum absolute atomic E-state index is 0.735. The smallest absolute Gasteiger partial charge is 0.0456 e. The van der Waals surface area contributed by atoms with Crippen LogP contribution in [0.25, 0.3) is 10.9 Å². The van der Waals surface area contributed by atoms with Crippen molar-refractivity contribution >= 4 is 10.9 Å². The standard InChI is InChI=1S/C16H25N3/c1-13(2)11-17-8-5-9-18-12-15-10-14-6-3-4-7-16(14)19-15/h3-4,6-7,10,13,17-19H,5,8-9,11-12H2,1-2H3. The van der Waals surface area contributed by atoms with E-state index in [-0.39, 0.29) is 0 Å². The second-order valence-electron chi connectivity index (χ2n) is 5.51. The maximum absolute atomic E-state index is 3.48. The first-order chi connectivity index (χ1) is 9.25. The highest BCUT2D eigenvalue weighted by Crippen LogP contribution is 2.14. The van der Waals surface area contributed by atoms with Crippen molar-refractivity contribution in [3.05, 3.63) is 36.0 Å². The van der Waals surface area contributed by atoms with Gasteiger partial charge in [-0.1, -0.05) is 32.0 Å². The number of aromatic amines is 1. The summed E-state index contributed by atoms with van der Waals surface area (Å²) in [5, 5.41) is 8.23. The maximum Gasteiger partial charge on any atom is 0.0456 e. The lowest BCUT2D eigenvalue weighted by molar-refractivity contribution is 0.529. The van der Waals surface area contributed by atoms with Gasteiger partial charge in [-0.05, 0) is 49.5 Å². The minimum atomic E-state index is 0.735. The Balaban J connectivity index is 1.63. The summed E-state index contributed by atoms with van der Waals surface area (Å²) >= 11 is 0. The fourth-order valence-electron chi connectivity index (χ4n) is 2.18. The van der Waals surface area contributed by atoms with Gasteiger partial charge < -0.3 is 15.6 Å². The van der Waals surface area contributed by atoms with Crippen LogP contribution in [0.5, 0.6) is 0 Å². The first kappa shape index (κ1) is 14.1. The van der Waals surface area contributed by atoms with Crippen LogP contribution in [0.3, 0.4) is 0 Å². The number of nitrogens with one attached hydrogen (secondary N) is 3. The molecule has 0 atom stereocenters. The number of para-hydroxylation sites is 1. The predicted octanol–water partition coefficient (Wildman–Crippen LogP) is 2.89. The highest BCUT2D eigenvalue weighted by Gasteiger charge is 1.99. The van der Waals surface area contributed by atoms with Crippen LogP contribution in [-0.4, -0.2) is 24.6 Å². The third kappa shape index (κ3) is 4.69. The molecule has 1 aromatic heterocycles. The molecule has 0 saturated heterocycles. The van der Waals surface area contributed by atoms with Gasteiger partial charge >= 0.3 is 0 Å². The van der Waals surface area contributed by atoms with E-state index in [1.54, 1.807) is 0 Å². The van der Waals surface area contributed by atoms with Crippen LogP contribution >= 0.6 is 0 Å². The lowest BCUT2D eigenvalue weighted by atomic mass is 10.2. The van der Waals surface area contributed by atoms with Crippen molar-refractivity contribution in [1.29, 1.82) is 0 Å². The molecule has 0 fully saturated rings. The maximum atomic E-state index is 3.48. The van der Waals surface area contributed by atoms with Crippen LogP contribution in [0.1, 0.15) is 26.0 Å². The third-order valence-corrected chi connectivity index (χ3v) is 3.16. The van der Waals surface area contributed by atoms with E-state index in [1.807, 2.05) is 0 Å². The summed E-state index contributed by atoms with van der Waals surface area (Å²) in [7, 11) is 0. The summed E-state index contributed by atoms with van der Waals surface area (Å²) in [6.07, 6.45) is 1.17. The SMILES string of the molecule is CC(C)CNCCCNCc1cc2ccccc2[nH]1. The lowest BCUT2D eigenvalue weighted by Gasteiger charge is -2.07. The summed E-state index contributed by atoms with van der Waals surface area (Å²) in [5.74, 6) is 0.735. The van der Waals surface area contributed by atoms with Gasteiger partial charge in [0, 0.05) is 17.8 Å². The molecule has 0 radical (unpaired) electrons. The van der Waals surface area contributed by atoms with Gasteiger partial charge in [-0.15, -0.1) is 0 Å². The van der Waals surface area contributed by atoms with Crippen LogP contribution in [0.4, 0.5) is 0 Å². The number of aromatic nitrogens is 1. The van der Waals surface area contributed by atoms with Gasteiger partial charge in [0.25, 0.3) is 0 Å². The third-order valence-electron chi connectivity index (χ3n) is 3.16. The monoisotopic (exact) mass is 259 g/mol. The Kier molecular flexibility index (Phi) is 5.43. The molecule has 0 spiro atoms. The van der Waals surface area contributed by atoms with E-state index < -0.39 is 0 Å². The Bertz CT molecular complexity index is 454. The largest absolute Gasteiger partial charge is 0.357 e. The zero-order chi connectivity index (χ0) is 13.5. The number of benzene rings is 1. The predicted molar refractivity (Wildman–Crippen MR) is 82.3 cm³/mol. The average Bonchev–Trinajstić information content (AvgIpc) is 2.79. The van der Waals surface area contributed by atoms with Gasteiger partial charge in [0.1, 0.15) is 0 Å². The summed E-state index contributed by atoms with van der Waals surface area (Å²) in [5.41, 5.74) is 2.48. The Morgan fingerprint density at radius 1 is 1.11 bits per heavy atom. The molecule has 2 rings (SSSR count). The van der Waals surface area contributed by atoms with Crippen molar-refractivity contribution in [1.82, 2.24) is 15.6 Å². The number of hydrogen-bond acceptors (Lipinski definition) is 2. The van der Waals surface area contributed by atoms with E-state index in [9.17, 15) is 0 Å². The summed E-state index contributed by atoms with van der Waals surface area (Å²) in [6, 6.07) is 10.6. The van der Waals surface area contributed by atoms with Crippen LogP contribution in [0.2, 0.25) is 0 Å². The fraction of sp³-hybridized carbons (Fsp3) is 0.500. The molecular formula is C16H25N3. The van der Waals surface area contributed by atoms with Gasteiger partial charge in [-0.3, -0.25) is 0 Å².